The highest BCUT2D eigenvalue weighted by molar-refractivity contribution is 5.76. The summed E-state index contributed by atoms with van der Waals surface area (Å²) in [5.41, 5.74) is -0.748. The lowest BCUT2D eigenvalue weighted by Crippen LogP contribution is -2.44. The van der Waals surface area contributed by atoms with Crippen molar-refractivity contribution in [2.45, 2.75) is 51.2 Å². The van der Waals surface area contributed by atoms with Crippen LogP contribution >= 0.6 is 0 Å². The fourth-order valence-electron chi connectivity index (χ4n) is 2.84. The third-order valence-electron chi connectivity index (χ3n) is 4.37. The molecule has 23 heavy (non-hydrogen) atoms. The maximum absolute atomic E-state index is 10.8. The van der Waals surface area contributed by atoms with Crippen LogP contribution < -0.4 is 10.1 Å². The van der Waals surface area contributed by atoms with Gasteiger partial charge in [0, 0.05) is 13.1 Å². The number of benzene rings is 1. The molecule has 0 amide bonds. The van der Waals surface area contributed by atoms with Crippen LogP contribution in [0.5, 0.6) is 5.75 Å². The molecule has 1 aliphatic carbocycles. The topological polar surface area (TPSA) is 78.8 Å². The lowest BCUT2D eigenvalue weighted by Gasteiger charge is -2.22. The molecule has 0 bridgehead atoms. The first-order valence-electron chi connectivity index (χ1n) is 8.35. The molecule has 0 spiro atoms. The summed E-state index contributed by atoms with van der Waals surface area (Å²) in [5.74, 6) is 0.283. The van der Waals surface area contributed by atoms with Gasteiger partial charge in [0.15, 0.2) is 5.60 Å². The number of hydrogen-bond acceptors (Lipinski definition) is 4. The Labute approximate surface area is 137 Å². The Morgan fingerprint density at radius 1 is 1.35 bits per heavy atom. The van der Waals surface area contributed by atoms with Gasteiger partial charge in [0.05, 0.1) is 6.61 Å². The van der Waals surface area contributed by atoms with Gasteiger partial charge in [-0.25, -0.2) is 4.79 Å². The molecule has 1 fully saturated rings. The maximum Gasteiger partial charge on any atom is 0.336 e. The number of carboxylic acid groups (broad SMARTS) is 1. The van der Waals surface area contributed by atoms with Gasteiger partial charge < -0.3 is 20.3 Å². The Balaban J connectivity index is 1.78. The highest BCUT2D eigenvalue weighted by Gasteiger charge is 2.29. The predicted molar refractivity (Wildman–Crippen MR) is 88.5 cm³/mol. The molecule has 1 unspecified atom stereocenters. The summed E-state index contributed by atoms with van der Waals surface area (Å²) in [6.07, 6.45) is 6.47. The molecule has 5 heteroatoms. The number of rotatable bonds is 8. The molecule has 5 nitrogen and oxygen atoms in total. The van der Waals surface area contributed by atoms with Crippen LogP contribution in [0.2, 0.25) is 0 Å². The minimum Gasteiger partial charge on any atom is -0.493 e. The fourth-order valence-corrected chi connectivity index (χ4v) is 2.84. The number of aliphatic carboxylic acids is 1. The van der Waals surface area contributed by atoms with Crippen molar-refractivity contribution in [2.75, 3.05) is 13.2 Å². The first-order valence-corrected chi connectivity index (χ1v) is 8.35. The molecule has 1 saturated carbocycles. The Bertz CT molecular complexity index is 509. The van der Waals surface area contributed by atoms with E-state index in [2.05, 4.69) is 5.32 Å². The molecule has 0 aromatic heterocycles. The summed E-state index contributed by atoms with van der Waals surface area (Å²) in [6, 6.07) is 7.80. The molecule has 0 saturated heterocycles. The van der Waals surface area contributed by atoms with E-state index in [1.807, 2.05) is 24.3 Å². The van der Waals surface area contributed by atoms with E-state index in [0.717, 1.165) is 17.9 Å². The zero-order valence-corrected chi connectivity index (χ0v) is 13.8. The van der Waals surface area contributed by atoms with Gasteiger partial charge in [-0.2, -0.15) is 0 Å². The molecule has 0 heterocycles. The average molecular weight is 321 g/mol. The van der Waals surface area contributed by atoms with Crippen molar-refractivity contribution in [3.63, 3.8) is 0 Å². The Morgan fingerprint density at radius 2 is 2.09 bits per heavy atom. The molecular formula is C18H27NO4. The molecule has 1 aliphatic rings. The van der Waals surface area contributed by atoms with Crippen LogP contribution in [0.1, 0.15) is 44.6 Å². The zero-order valence-electron chi connectivity index (χ0n) is 13.8. The van der Waals surface area contributed by atoms with Gasteiger partial charge in [-0.05, 0) is 43.4 Å². The van der Waals surface area contributed by atoms with E-state index < -0.39 is 11.6 Å². The van der Waals surface area contributed by atoms with Crippen molar-refractivity contribution in [2.24, 2.45) is 5.92 Å². The van der Waals surface area contributed by atoms with Crippen molar-refractivity contribution in [1.29, 1.82) is 0 Å². The third kappa shape index (κ3) is 5.84. The second-order valence-corrected chi connectivity index (χ2v) is 6.65. The number of nitrogens with one attached hydrogen (secondary N) is 1. The Kier molecular flexibility index (Phi) is 6.42. The summed E-state index contributed by atoms with van der Waals surface area (Å²) in [7, 11) is 0. The van der Waals surface area contributed by atoms with Gasteiger partial charge >= 0.3 is 5.97 Å². The van der Waals surface area contributed by atoms with Gasteiger partial charge in [-0.15, -0.1) is 0 Å². The largest absolute Gasteiger partial charge is 0.493 e. The molecule has 2 rings (SSSR count). The monoisotopic (exact) mass is 321 g/mol. The van der Waals surface area contributed by atoms with Crippen LogP contribution in [0.3, 0.4) is 0 Å². The SMILES string of the molecule is CC(O)(CNCc1cccc(OCC2CCCCC2)c1)C(=O)O. The van der Waals surface area contributed by atoms with Crippen molar-refractivity contribution < 1.29 is 19.7 Å². The van der Waals surface area contributed by atoms with Gasteiger partial charge in [0.1, 0.15) is 5.75 Å². The molecular weight excluding hydrogens is 294 g/mol. The van der Waals surface area contributed by atoms with Crippen LogP contribution in [0.4, 0.5) is 0 Å². The number of hydrogen-bond donors (Lipinski definition) is 3. The van der Waals surface area contributed by atoms with E-state index in [0.29, 0.717) is 12.5 Å². The second-order valence-electron chi connectivity index (χ2n) is 6.65. The normalized spacial score (nSPS) is 18.3. The number of ether oxygens (including phenoxy) is 1. The quantitative estimate of drug-likeness (QED) is 0.686. The van der Waals surface area contributed by atoms with Gasteiger partial charge in [-0.1, -0.05) is 31.4 Å². The maximum atomic E-state index is 10.8. The first-order chi connectivity index (χ1) is 11.0. The van der Waals surface area contributed by atoms with Crippen LogP contribution in [-0.4, -0.2) is 34.9 Å². The van der Waals surface area contributed by atoms with Crippen molar-refractivity contribution in [1.82, 2.24) is 5.32 Å². The van der Waals surface area contributed by atoms with E-state index in [4.69, 9.17) is 9.84 Å². The standard InChI is InChI=1S/C18H27NO4/c1-18(22,17(20)21)13-19-11-15-8-5-9-16(10-15)23-12-14-6-3-2-4-7-14/h5,8-10,14,19,22H,2-4,6-7,11-13H2,1H3,(H,20,21). The predicted octanol–water partition coefficient (Wildman–Crippen LogP) is 2.57. The van der Waals surface area contributed by atoms with E-state index in [1.165, 1.54) is 39.0 Å². The molecule has 1 aromatic carbocycles. The lowest BCUT2D eigenvalue weighted by molar-refractivity contribution is -0.156. The molecule has 0 aliphatic heterocycles. The molecule has 0 radical (unpaired) electrons. The van der Waals surface area contributed by atoms with E-state index in [1.54, 1.807) is 0 Å². The van der Waals surface area contributed by atoms with Crippen molar-refractivity contribution >= 4 is 5.97 Å². The molecule has 3 N–H and O–H groups in total. The summed E-state index contributed by atoms with van der Waals surface area (Å²) in [5, 5.41) is 21.5. The Hall–Kier alpha value is -1.59. The first kappa shape index (κ1) is 17.8. The highest BCUT2D eigenvalue weighted by Crippen LogP contribution is 2.24. The van der Waals surface area contributed by atoms with Gasteiger partial charge in [0.25, 0.3) is 0 Å². The molecule has 128 valence electrons. The van der Waals surface area contributed by atoms with E-state index in [9.17, 15) is 9.90 Å². The summed E-state index contributed by atoms with van der Waals surface area (Å²) >= 11 is 0. The van der Waals surface area contributed by atoms with Gasteiger partial charge in [-0.3, -0.25) is 0 Å². The third-order valence-corrected chi connectivity index (χ3v) is 4.37. The van der Waals surface area contributed by atoms with Crippen LogP contribution in [0, 0.1) is 5.92 Å². The fraction of sp³-hybridized carbons (Fsp3) is 0.611. The second kappa shape index (κ2) is 8.31. The van der Waals surface area contributed by atoms with E-state index >= 15 is 0 Å². The highest BCUT2D eigenvalue weighted by atomic mass is 16.5. The van der Waals surface area contributed by atoms with Crippen LogP contribution in [0.25, 0.3) is 0 Å². The molecule has 1 atom stereocenters. The minimum absolute atomic E-state index is 0.00447. The number of carbonyl (C=O) groups is 1. The van der Waals surface area contributed by atoms with Crippen molar-refractivity contribution in [3.05, 3.63) is 29.8 Å². The van der Waals surface area contributed by atoms with Gasteiger partial charge in [0.2, 0.25) is 0 Å². The Morgan fingerprint density at radius 3 is 2.78 bits per heavy atom. The lowest BCUT2D eigenvalue weighted by atomic mass is 9.90. The van der Waals surface area contributed by atoms with E-state index in [-0.39, 0.29) is 6.54 Å². The molecule has 1 aromatic rings. The summed E-state index contributed by atoms with van der Waals surface area (Å²) < 4.78 is 5.90. The minimum atomic E-state index is -1.75. The summed E-state index contributed by atoms with van der Waals surface area (Å²) in [6.45, 7) is 2.54. The van der Waals surface area contributed by atoms with Crippen LogP contribution in [-0.2, 0) is 11.3 Å². The van der Waals surface area contributed by atoms with Crippen LogP contribution in [0.15, 0.2) is 24.3 Å². The zero-order chi connectivity index (χ0) is 16.7. The average Bonchev–Trinajstić information content (AvgIpc) is 2.54. The van der Waals surface area contributed by atoms with Crippen molar-refractivity contribution in [3.8, 4) is 5.75 Å². The smallest absolute Gasteiger partial charge is 0.336 e. The summed E-state index contributed by atoms with van der Waals surface area (Å²) in [4.78, 5) is 10.8. The number of carboxylic acids is 1. The number of aliphatic hydroxyl groups is 1.